The summed E-state index contributed by atoms with van der Waals surface area (Å²) in [6, 6.07) is 0. The second kappa shape index (κ2) is 5.26. The number of aliphatic hydroxyl groups excluding tert-OH is 1. The van der Waals surface area contributed by atoms with Crippen LogP contribution in [0.5, 0.6) is 0 Å². The molecule has 138 valence electrons. The smallest absolute Gasteiger partial charge is 0.161 e. The Morgan fingerprint density at radius 1 is 1.12 bits per heavy atom. The van der Waals surface area contributed by atoms with Crippen LogP contribution in [0.3, 0.4) is 0 Å². The van der Waals surface area contributed by atoms with Gasteiger partial charge in [-0.2, -0.15) is 0 Å². The second-order valence-corrected chi connectivity index (χ2v) is 9.52. The van der Waals surface area contributed by atoms with Gasteiger partial charge in [0.15, 0.2) is 11.6 Å². The average Bonchev–Trinajstić information content (AvgIpc) is 2.83. The van der Waals surface area contributed by atoms with Crippen molar-refractivity contribution in [2.24, 2.45) is 28.6 Å². The van der Waals surface area contributed by atoms with Crippen molar-refractivity contribution < 1.29 is 19.8 Å². The summed E-state index contributed by atoms with van der Waals surface area (Å²) < 4.78 is 0. The number of carbonyl (C=O) groups excluding carboxylic acids is 2. The number of carbonyl (C=O) groups is 2. The van der Waals surface area contributed by atoms with E-state index in [4.69, 9.17) is 0 Å². The molecule has 0 aromatic rings. The quantitative estimate of drug-likeness (QED) is 0.766. The third kappa shape index (κ3) is 2.07. The molecule has 0 heterocycles. The zero-order valence-electron chi connectivity index (χ0n) is 15.5. The Kier molecular flexibility index (Phi) is 3.66. The SMILES string of the molecule is CC(=O)[C@@]1(O)CC[C@H]2[C@@H]3CC(=O)C4=C[C@@H](O)CC[C@]4(C)[C@H]3CC[C@@]21C. The molecule has 0 aliphatic heterocycles. The van der Waals surface area contributed by atoms with Crippen LogP contribution in [0.15, 0.2) is 11.6 Å². The van der Waals surface area contributed by atoms with Crippen LogP contribution in [0.25, 0.3) is 0 Å². The molecule has 0 amide bonds. The van der Waals surface area contributed by atoms with Crippen molar-refractivity contribution in [1.82, 2.24) is 0 Å². The molecule has 0 aromatic carbocycles. The lowest BCUT2D eigenvalue weighted by Gasteiger charge is -2.58. The molecule has 4 rings (SSSR count). The highest BCUT2D eigenvalue weighted by atomic mass is 16.3. The van der Waals surface area contributed by atoms with E-state index in [0.29, 0.717) is 18.8 Å². The molecule has 3 saturated carbocycles. The molecule has 25 heavy (non-hydrogen) atoms. The van der Waals surface area contributed by atoms with Gasteiger partial charge in [-0.05, 0) is 80.3 Å². The van der Waals surface area contributed by atoms with Gasteiger partial charge < -0.3 is 10.2 Å². The van der Waals surface area contributed by atoms with Crippen LogP contribution in [0.2, 0.25) is 0 Å². The van der Waals surface area contributed by atoms with Gasteiger partial charge in [0.25, 0.3) is 0 Å². The van der Waals surface area contributed by atoms with E-state index in [1.54, 1.807) is 6.08 Å². The normalized spacial score (nSPS) is 52.0. The van der Waals surface area contributed by atoms with Crippen molar-refractivity contribution in [3.8, 4) is 0 Å². The standard InChI is InChI=1S/C21H30O4/c1-12(22)21(25)9-6-16-14-11-18(24)17-10-13(23)4-7-19(17,2)15(14)5-8-20(16,21)3/h10,13-16,23,25H,4-9,11H2,1-3H3/t13-,14+,15-,16-,19+,20-,21-/m0/s1. The third-order valence-corrected chi connectivity index (χ3v) is 8.64. The Morgan fingerprint density at radius 3 is 2.48 bits per heavy atom. The fourth-order valence-electron chi connectivity index (χ4n) is 7.13. The Morgan fingerprint density at radius 2 is 1.80 bits per heavy atom. The second-order valence-electron chi connectivity index (χ2n) is 9.52. The number of aliphatic hydroxyl groups is 2. The fourth-order valence-corrected chi connectivity index (χ4v) is 7.13. The molecule has 0 aromatic heterocycles. The lowest BCUT2D eigenvalue weighted by Crippen LogP contribution is -2.58. The molecule has 0 bridgehead atoms. The summed E-state index contributed by atoms with van der Waals surface area (Å²) in [7, 11) is 0. The predicted octanol–water partition coefficient (Wildman–Crippen LogP) is 2.81. The number of ketones is 2. The van der Waals surface area contributed by atoms with E-state index in [9.17, 15) is 19.8 Å². The summed E-state index contributed by atoms with van der Waals surface area (Å²) in [5, 5.41) is 21.1. The molecule has 4 aliphatic rings. The number of hydrogen-bond acceptors (Lipinski definition) is 4. The number of rotatable bonds is 1. The van der Waals surface area contributed by atoms with Crippen LogP contribution in [-0.4, -0.2) is 33.5 Å². The molecule has 4 heteroatoms. The van der Waals surface area contributed by atoms with Crippen molar-refractivity contribution in [3.63, 3.8) is 0 Å². The van der Waals surface area contributed by atoms with Crippen LogP contribution < -0.4 is 0 Å². The summed E-state index contributed by atoms with van der Waals surface area (Å²) in [4.78, 5) is 25.1. The molecular formula is C21H30O4. The van der Waals surface area contributed by atoms with Crippen molar-refractivity contribution in [2.75, 3.05) is 0 Å². The largest absolute Gasteiger partial charge is 0.389 e. The van der Waals surface area contributed by atoms with Gasteiger partial charge in [-0.15, -0.1) is 0 Å². The van der Waals surface area contributed by atoms with Crippen LogP contribution in [-0.2, 0) is 9.59 Å². The summed E-state index contributed by atoms with van der Waals surface area (Å²) in [5.74, 6) is 0.943. The van der Waals surface area contributed by atoms with E-state index in [2.05, 4.69) is 13.8 Å². The number of fused-ring (bicyclic) bond motifs is 5. The molecule has 0 radical (unpaired) electrons. The zero-order chi connectivity index (χ0) is 18.2. The number of hydrogen-bond donors (Lipinski definition) is 2. The van der Waals surface area contributed by atoms with Crippen LogP contribution in [0.4, 0.5) is 0 Å². The maximum atomic E-state index is 12.9. The minimum atomic E-state index is -1.23. The molecule has 4 nitrogen and oxygen atoms in total. The lowest BCUT2D eigenvalue weighted by molar-refractivity contribution is -0.161. The highest BCUT2D eigenvalue weighted by Crippen LogP contribution is 2.67. The van der Waals surface area contributed by atoms with Gasteiger partial charge >= 0.3 is 0 Å². The van der Waals surface area contributed by atoms with E-state index < -0.39 is 17.1 Å². The third-order valence-electron chi connectivity index (χ3n) is 8.64. The molecule has 7 atom stereocenters. The molecule has 0 spiro atoms. The molecule has 0 unspecified atom stereocenters. The summed E-state index contributed by atoms with van der Waals surface area (Å²) in [6.07, 6.45) is 6.54. The Balaban J connectivity index is 1.74. The van der Waals surface area contributed by atoms with Crippen molar-refractivity contribution in [1.29, 1.82) is 0 Å². The molecule has 0 saturated heterocycles. The Bertz CT molecular complexity index is 667. The van der Waals surface area contributed by atoms with Crippen LogP contribution >= 0.6 is 0 Å². The highest BCUT2D eigenvalue weighted by Gasteiger charge is 2.66. The van der Waals surface area contributed by atoms with Gasteiger partial charge in [-0.3, -0.25) is 9.59 Å². The van der Waals surface area contributed by atoms with Gasteiger partial charge in [0.05, 0.1) is 6.10 Å². The number of allylic oxidation sites excluding steroid dienone is 1. The van der Waals surface area contributed by atoms with Gasteiger partial charge in [-0.25, -0.2) is 0 Å². The first kappa shape index (κ1) is 17.4. The van der Waals surface area contributed by atoms with Gasteiger partial charge in [0.2, 0.25) is 0 Å². The van der Waals surface area contributed by atoms with Crippen LogP contribution in [0, 0.1) is 28.6 Å². The summed E-state index contributed by atoms with van der Waals surface area (Å²) in [6.45, 7) is 5.79. The first-order valence-corrected chi connectivity index (χ1v) is 9.80. The summed E-state index contributed by atoms with van der Waals surface area (Å²) in [5.41, 5.74) is -0.953. The minimum Gasteiger partial charge on any atom is -0.389 e. The monoisotopic (exact) mass is 346 g/mol. The van der Waals surface area contributed by atoms with E-state index >= 15 is 0 Å². The predicted molar refractivity (Wildman–Crippen MR) is 93.7 cm³/mol. The molecular weight excluding hydrogens is 316 g/mol. The topological polar surface area (TPSA) is 74.6 Å². The molecule has 4 aliphatic carbocycles. The van der Waals surface area contributed by atoms with E-state index in [1.165, 1.54) is 6.92 Å². The molecule has 2 N–H and O–H groups in total. The van der Waals surface area contributed by atoms with Crippen molar-refractivity contribution in [3.05, 3.63) is 11.6 Å². The van der Waals surface area contributed by atoms with Gasteiger partial charge in [-0.1, -0.05) is 13.8 Å². The van der Waals surface area contributed by atoms with E-state index in [1.807, 2.05) is 0 Å². The van der Waals surface area contributed by atoms with E-state index in [-0.39, 0.29) is 28.8 Å². The van der Waals surface area contributed by atoms with Gasteiger partial charge in [0, 0.05) is 11.8 Å². The minimum absolute atomic E-state index is 0.120. The number of Topliss-reactive ketones (excluding diaryl/α,β-unsaturated/α-hetero) is 2. The zero-order valence-corrected chi connectivity index (χ0v) is 15.5. The maximum Gasteiger partial charge on any atom is 0.161 e. The molecule has 3 fully saturated rings. The first-order chi connectivity index (χ1) is 11.6. The van der Waals surface area contributed by atoms with Gasteiger partial charge in [0.1, 0.15) is 5.60 Å². The maximum absolute atomic E-state index is 12.9. The van der Waals surface area contributed by atoms with Crippen LogP contribution in [0.1, 0.15) is 65.7 Å². The average molecular weight is 346 g/mol. The van der Waals surface area contributed by atoms with E-state index in [0.717, 1.165) is 37.7 Å². The Labute approximate surface area is 149 Å². The van der Waals surface area contributed by atoms with Crippen molar-refractivity contribution >= 4 is 11.6 Å². The Hall–Kier alpha value is -1.00. The lowest BCUT2D eigenvalue weighted by atomic mass is 9.46. The highest BCUT2D eigenvalue weighted by molar-refractivity contribution is 5.98. The summed E-state index contributed by atoms with van der Waals surface area (Å²) >= 11 is 0. The van der Waals surface area contributed by atoms with Crippen molar-refractivity contribution in [2.45, 2.75) is 77.4 Å². The first-order valence-electron chi connectivity index (χ1n) is 9.80. The fraction of sp³-hybridized carbons (Fsp3) is 0.810.